The maximum Gasteiger partial charge on any atom is 0.328 e. The van der Waals surface area contributed by atoms with Crippen molar-refractivity contribution in [2.45, 2.75) is 6.61 Å². The summed E-state index contributed by atoms with van der Waals surface area (Å²) < 4.78 is 12.0. The molecule has 0 aliphatic carbocycles. The van der Waals surface area contributed by atoms with E-state index in [-0.39, 0.29) is 6.61 Å². The maximum absolute atomic E-state index is 10.6. The topological polar surface area (TPSA) is 55.8 Å². The molecule has 0 bridgehead atoms. The quantitative estimate of drug-likeness (QED) is 0.453. The lowest BCUT2D eigenvalue weighted by atomic mass is 10.2. The highest BCUT2D eigenvalue weighted by Gasteiger charge is 2.12. The summed E-state index contributed by atoms with van der Waals surface area (Å²) in [6.07, 6.45) is 2.56. The zero-order valence-corrected chi connectivity index (χ0v) is 16.2. The lowest BCUT2D eigenvalue weighted by Crippen LogP contribution is -2.01. The van der Waals surface area contributed by atoms with Gasteiger partial charge in [0, 0.05) is 21.7 Å². The van der Waals surface area contributed by atoms with Gasteiger partial charge in [-0.15, -0.1) is 0 Å². The highest BCUT2D eigenvalue weighted by atomic mass is 127. The molecule has 0 fully saturated rings. The number of benzene rings is 2. The SMILES string of the molecule is COc1cc(C=CC(=O)O)cc(I)c1OCc1ccc(Cl)cc1Cl. The van der Waals surface area contributed by atoms with Crippen LogP contribution in [0.5, 0.6) is 11.5 Å². The number of rotatable bonds is 6. The molecule has 0 radical (unpaired) electrons. The summed E-state index contributed by atoms with van der Waals surface area (Å²) in [6.45, 7) is 0.257. The molecule has 2 rings (SSSR count). The Balaban J connectivity index is 2.24. The zero-order valence-electron chi connectivity index (χ0n) is 12.6. The van der Waals surface area contributed by atoms with E-state index in [2.05, 4.69) is 22.6 Å². The van der Waals surface area contributed by atoms with Gasteiger partial charge < -0.3 is 14.6 Å². The van der Waals surface area contributed by atoms with E-state index in [4.69, 9.17) is 37.8 Å². The first-order chi connectivity index (χ1) is 11.4. The predicted molar refractivity (Wildman–Crippen MR) is 103 cm³/mol. The molecule has 2 aromatic carbocycles. The van der Waals surface area contributed by atoms with Crippen molar-refractivity contribution in [2.24, 2.45) is 0 Å². The van der Waals surface area contributed by atoms with Gasteiger partial charge >= 0.3 is 5.97 Å². The average Bonchev–Trinajstić information content (AvgIpc) is 2.52. The first-order valence-corrected chi connectivity index (χ1v) is 8.59. The summed E-state index contributed by atoms with van der Waals surface area (Å²) in [4.78, 5) is 10.6. The average molecular weight is 479 g/mol. The second-order valence-electron chi connectivity index (χ2n) is 4.73. The standard InChI is InChI=1S/C17H13Cl2IO4/c1-23-15-7-10(2-5-16(21)22)6-14(20)17(15)24-9-11-3-4-12(18)8-13(11)19/h2-8H,9H2,1H3,(H,21,22). The Morgan fingerprint density at radius 3 is 2.67 bits per heavy atom. The van der Waals surface area contributed by atoms with Gasteiger partial charge in [0.05, 0.1) is 10.7 Å². The lowest BCUT2D eigenvalue weighted by molar-refractivity contribution is -0.131. The van der Waals surface area contributed by atoms with Crippen LogP contribution in [0.1, 0.15) is 11.1 Å². The number of carboxylic acid groups (broad SMARTS) is 1. The van der Waals surface area contributed by atoms with Crippen LogP contribution in [0, 0.1) is 3.57 Å². The van der Waals surface area contributed by atoms with Crippen molar-refractivity contribution in [3.05, 3.63) is 61.2 Å². The summed E-state index contributed by atoms with van der Waals surface area (Å²) >= 11 is 14.1. The van der Waals surface area contributed by atoms with E-state index in [1.54, 1.807) is 30.3 Å². The zero-order chi connectivity index (χ0) is 17.7. The minimum atomic E-state index is -1.01. The minimum Gasteiger partial charge on any atom is -0.493 e. The number of aliphatic carboxylic acids is 1. The van der Waals surface area contributed by atoms with Gasteiger partial charge in [0.1, 0.15) is 6.61 Å². The van der Waals surface area contributed by atoms with Crippen molar-refractivity contribution in [2.75, 3.05) is 7.11 Å². The molecule has 0 saturated heterocycles. The molecule has 0 aliphatic heterocycles. The third kappa shape index (κ3) is 5.03. The fourth-order valence-electron chi connectivity index (χ4n) is 1.93. The number of ether oxygens (including phenoxy) is 2. The van der Waals surface area contributed by atoms with Crippen molar-refractivity contribution in [1.29, 1.82) is 0 Å². The van der Waals surface area contributed by atoms with Gasteiger partial charge in [0.25, 0.3) is 0 Å². The Kier molecular flexibility index (Phi) is 6.77. The molecule has 2 aromatic rings. The molecule has 0 unspecified atom stereocenters. The molecule has 0 atom stereocenters. The van der Waals surface area contributed by atoms with Gasteiger partial charge in [-0.3, -0.25) is 0 Å². The van der Waals surface area contributed by atoms with Crippen LogP contribution in [0.2, 0.25) is 10.0 Å². The van der Waals surface area contributed by atoms with Crippen molar-refractivity contribution in [3.8, 4) is 11.5 Å². The number of hydrogen-bond donors (Lipinski definition) is 1. The monoisotopic (exact) mass is 478 g/mol. The van der Waals surface area contributed by atoms with Crippen molar-refractivity contribution in [1.82, 2.24) is 0 Å². The summed E-state index contributed by atoms with van der Waals surface area (Å²) in [6, 6.07) is 8.72. The number of hydrogen-bond acceptors (Lipinski definition) is 3. The maximum atomic E-state index is 10.6. The van der Waals surface area contributed by atoms with E-state index >= 15 is 0 Å². The smallest absolute Gasteiger partial charge is 0.328 e. The fourth-order valence-corrected chi connectivity index (χ4v) is 3.18. The number of carbonyl (C=O) groups is 1. The molecule has 24 heavy (non-hydrogen) atoms. The van der Waals surface area contributed by atoms with E-state index in [9.17, 15) is 4.79 Å². The third-order valence-electron chi connectivity index (χ3n) is 3.06. The third-order valence-corrected chi connectivity index (χ3v) is 4.45. The van der Waals surface area contributed by atoms with Gasteiger partial charge in [-0.2, -0.15) is 0 Å². The molecule has 126 valence electrons. The molecular weight excluding hydrogens is 466 g/mol. The van der Waals surface area contributed by atoms with Crippen LogP contribution in [-0.4, -0.2) is 18.2 Å². The first kappa shape index (κ1) is 18.9. The van der Waals surface area contributed by atoms with Crippen LogP contribution in [0.3, 0.4) is 0 Å². The number of methoxy groups -OCH3 is 1. The van der Waals surface area contributed by atoms with Gasteiger partial charge in [-0.1, -0.05) is 29.3 Å². The van der Waals surface area contributed by atoms with Gasteiger partial charge in [0.2, 0.25) is 0 Å². The molecule has 0 heterocycles. The van der Waals surface area contributed by atoms with Crippen molar-refractivity contribution >= 4 is 57.8 Å². The largest absolute Gasteiger partial charge is 0.493 e. The first-order valence-electron chi connectivity index (χ1n) is 6.76. The van der Waals surface area contributed by atoms with Gasteiger partial charge in [-0.05, 0) is 58.5 Å². The van der Waals surface area contributed by atoms with Crippen LogP contribution < -0.4 is 9.47 Å². The minimum absolute atomic E-state index is 0.257. The molecule has 0 aromatic heterocycles. The highest BCUT2D eigenvalue weighted by molar-refractivity contribution is 14.1. The molecule has 1 N–H and O–H groups in total. The summed E-state index contributed by atoms with van der Waals surface area (Å²) in [5, 5.41) is 9.80. The van der Waals surface area contributed by atoms with Crippen LogP contribution in [0.25, 0.3) is 6.08 Å². The molecule has 0 amide bonds. The van der Waals surface area contributed by atoms with Crippen LogP contribution in [-0.2, 0) is 11.4 Å². The Bertz CT molecular complexity index is 790. The van der Waals surface area contributed by atoms with E-state index in [0.29, 0.717) is 27.1 Å². The molecule has 4 nitrogen and oxygen atoms in total. The Morgan fingerprint density at radius 2 is 2.04 bits per heavy atom. The van der Waals surface area contributed by atoms with E-state index < -0.39 is 5.97 Å². The van der Waals surface area contributed by atoms with Gasteiger partial charge in [-0.25, -0.2) is 4.79 Å². The summed E-state index contributed by atoms with van der Waals surface area (Å²) in [5.41, 5.74) is 1.50. The van der Waals surface area contributed by atoms with Crippen LogP contribution in [0.4, 0.5) is 0 Å². The lowest BCUT2D eigenvalue weighted by Gasteiger charge is -2.14. The summed E-state index contributed by atoms with van der Waals surface area (Å²) in [5.74, 6) is 0.0651. The van der Waals surface area contributed by atoms with E-state index in [1.807, 2.05) is 0 Å². The van der Waals surface area contributed by atoms with Crippen molar-refractivity contribution < 1.29 is 19.4 Å². The molecule has 0 saturated carbocycles. The Labute approximate surface area is 163 Å². The van der Waals surface area contributed by atoms with Gasteiger partial charge in [0.15, 0.2) is 11.5 Å². The number of carboxylic acids is 1. The molecule has 7 heteroatoms. The molecular formula is C17H13Cl2IO4. The fraction of sp³-hybridized carbons (Fsp3) is 0.118. The second kappa shape index (κ2) is 8.60. The second-order valence-corrected chi connectivity index (χ2v) is 6.74. The van der Waals surface area contributed by atoms with Crippen molar-refractivity contribution in [3.63, 3.8) is 0 Å². The Morgan fingerprint density at radius 1 is 1.29 bits per heavy atom. The highest BCUT2D eigenvalue weighted by Crippen LogP contribution is 2.35. The van der Waals surface area contributed by atoms with E-state index in [1.165, 1.54) is 13.2 Å². The van der Waals surface area contributed by atoms with Crippen LogP contribution >= 0.6 is 45.8 Å². The van der Waals surface area contributed by atoms with E-state index in [0.717, 1.165) is 15.2 Å². The molecule has 0 spiro atoms. The molecule has 0 aliphatic rings. The normalized spacial score (nSPS) is 10.8. The summed E-state index contributed by atoms with van der Waals surface area (Å²) in [7, 11) is 1.53. The predicted octanol–water partition coefficient (Wildman–Crippen LogP) is 5.28. The number of halogens is 3. The Hall–Kier alpha value is -1.44. The van der Waals surface area contributed by atoms with Crippen LogP contribution in [0.15, 0.2) is 36.4 Å².